The number of imidazole rings is 1. The second-order valence-electron chi connectivity index (χ2n) is 8.30. The van der Waals surface area contributed by atoms with Gasteiger partial charge in [-0.2, -0.15) is 8.62 Å². The zero-order chi connectivity index (χ0) is 29.5. The van der Waals surface area contributed by atoms with Gasteiger partial charge in [-0.25, -0.2) is 28.6 Å². The maximum atomic E-state index is 13.7. The normalized spacial score (nSPS) is 24.4. The number of nitrogen functional groups attached to an aromatic ring is 1. The van der Waals surface area contributed by atoms with Crippen LogP contribution in [0.3, 0.4) is 0 Å². The summed E-state index contributed by atoms with van der Waals surface area (Å²) < 4.78 is 54.1. The van der Waals surface area contributed by atoms with E-state index in [4.69, 9.17) is 20.3 Å². The van der Waals surface area contributed by atoms with Crippen molar-refractivity contribution in [2.24, 2.45) is 0 Å². The fraction of sp³-hybridized carbons (Fsp3) is 0.333. The first kappa shape index (κ1) is 30.3. The molecule has 0 amide bonds. The van der Waals surface area contributed by atoms with Crippen LogP contribution in [0.4, 0.5) is 11.5 Å². The Bertz CT molecular complexity index is 1580. The molecule has 1 aliphatic heterocycles. The molecule has 0 saturated carbocycles. The molecule has 40 heavy (non-hydrogen) atoms. The van der Waals surface area contributed by atoms with Gasteiger partial charge in [-0.1, -0.05) is 12.1 Å². The number of anilines is 2. The molecule has 5 atom stereocenters. The Morgan fingerprint density at radius 3 is 2.52 bits per heavy atom. The Morgan fingerprint density at radius 2 is 1.85 bits per heavy atom. The number of aromatic nitrogens is 4. The molecule has 2 aromatic heterocycles. The maximum Gasteiger partial charge on any atom is 0.490 e. The lowest BCUT2D eigenvalue weighted by Crippen LogP contribution is -2.48. The molecule has 218 valence electrons. The molecule has 22 heteroatoms. The second-order valence-corrected chi connectivity index (χ2v) is 12.7. The molecule has 8 N–H and O–H groups in total. The summed E-state index contributed by atoms with van der Waals surface area (Å²) in [6, 6.07) is 6.15. The Morgan fingerprint density at radius 1 is 1.15 bits per heavy atom. The number of rotatable bonds is 11. The van der Waals surface area contributed by atoms with Gasteiger partial charge in [0.2, 0.25) is 0 Å². The van der Waals surface area contributed by atoms with Crippen molar-refractivity contribution in [1.29, 1.82) is 0 Å². The number of nitrogens with zero attached hydrogens (tertiary/aromatic N) is 4. The number of benzene rings is 1. The van der Waals surface area contributed by atoms with Crippen molar-refractivity contribution in [2.45, 2.75) is 24.4 Å². The summed E-state index contributed by atoms with van der Waals surface area (Å²) in [6.07, 6.45) is -0.916. The Kier molecular flexibility index (Phi) is 8.33. The quantitative estimate of drug-likeness (QED) is 0.114. The summed E-state index contributed by atoms with van der Waals surface area (Å²) in [4.78, 5) is 62.4. The Balaban J connectivity index is 1.65. The van der Waals surface area contributed by atoms with E-state index < -0.39 is 60.2 Å². The second kappa shape index (κ2) is 11.0. The number of ketones is 1. The number of phosphoric ester groups is 1. The molecule has 1 fully saturated rings. The van der Waals surface area contributed by atoms with Crippen LogP contribution in [0, 0.1) is 0 Å². The Labute approximate surface area is 224 Å². The number of carbonyl (C=O) groups excluding carboxylic acids is 1. The third-order valence-electron chi connectivity index (χ3n) is 5.68. The molecule has 19 nitrogen and oxygen atoms in total. The van der Waals surface area contributed by atoms with Crippen LogP contribution < -0.4 is 11.1 Å². The smallest absolute Gasteiger partial charge is 0.388 e. The lowest BCUT2D eigenvalue weighted by Gasteiger charge is -2.28. The number of fused-ring (bicyclic) bond motifs is 1. The topological polar surface area (TPSA) is 288 Å². The van der Waals surface area contributed by atoms with Crippen LogP contribution in [0.15, 0.2) is 36.9 Å². The molecule has 1 saturated heterocycles. The minimum Gasteiger partial charge on any atom is -0.388 e. The van der Waals surface area contributed by atoms with Gasteiger partial charge in [0.15, 0.2) is 22.8 Å². The van der Waals surface area contributed by atoms with Gasteiger partial charge in [0.05, 0.1) is 12.9 Å². The average molecular weight is 624 g/mol. The summed E-state index contributed by atoms with van der Waals surface area (Å²) in [5.74, 6) is -0.835. The van der Waals surface area contributed by atoms with Crippen molar-refractivity contribution in [2.75, 3.05) is 24.7 Å². The predicted octanol–water partition coefficient (Wildman–Crippen LogP) is 0.695. The molecule has 4 rings (SSSR count). The third-order valence-corrected chi connectivity index (χ3v) is 9.48. The molecule has 0 aliphatic carbocycles. The molecule has 0 radical (unpaired) electrons. The van der Waals surface area contributed by atoms with Crippen LogP contribution in [-0.2, 0) is 31.6 Å². The molecular weight excluding hydrogens is 601 g/mol. The number of ether oxygens (including phenoxy) is 1. The van der Waals surface area contributed by atoms with Crippen LogP contribution in [0.1, 0.15) is 23.0 Å². The summed E-state index contributed by atoms with van der Waals surface area (Å²) in [5, 5.41) is 14.5. The van der Waals surface area contributed by atoms with Gasteiger partial charge in [-0.05, 0) is 12.1 Å². The summed E-state index contributed by atoms with van der Waals surface area (Å²) in [7, 11) is -15.5. The van der Waals surface area contributed by atoms with E-state index >= 15 is 0 Å². The van der Waals surface area contributed by atoms with Gasteiger partial charge in [0.1, 0.15) is 24.2 Å². The lowest BCUT2D eigenvalue weighted by atomic mass is 9.85. The fourth-order valence-corrected chi connectivity index (χ4v) is 7.02. The number of hydrogen-bond acceptors (Lipinski definition) is 14. The van der Waals surface area contributed by atoms with Crippen LogP contribution in [0.2, 0.25) is 0 Å². The van der Waals surface area contributed by atoms with Crippen LogP contribution >= 0.6 is 23.5 Å². The summed E-state index contributed by atoms with van der Waals surface area (Å²) in [5.41, 5.74) is 4.12. The van der Waals surface area contributed by atoms with Crippen LogP contribution in [-0.4, -0.2) is 75.3 Å². The molecule has 2 unspecified atom stereocenters. The number of carbonyl (C=O) groups is 1. The highest BCUT2D eigenvalue weighted by Gasteiger charge is 2.55. The van der Waals surface area contributed by atoms with Crippen molar-refractivity contribution < 1.29 is 61.1 Å². The van der Waals surface area contributed by atoms with Crippen LogP contribution in [0.25, 0.3) is 11.2 Å². The Hall–Kier alpha value is -2.63. The van der Waals surface area contributed by atoms with Gasteiger partial charge in [0, 0.05) is 24.7 Å². The average Bonchev–Trinajstić information content (AvgIpc) is 3.42. The van der Waals surface area contributed by atoms with Crippen molar-refractivity contribution >= 4 is 51.9 Å². The standard InChI is InChI=1S/C18H23N6O13P3/c1-20-11-5-3-2-4-10(11)15(25)18(26)6-13(24-9-23-14-16(19)21-8-22-17(14)24)35-12(18)7-34-39(30,31)37-40(32,33)36-38(27,28)29/h2-5,8-9,12-13,20,26H,6-7H2,1H3,(H,30,31)(H,32,33)(H2,19,21,22)(H2,27,28,29)/t12-,13-,18+/m1/s1. The minimum absolute atomic E-state index is 0.0298. The molecule has 1 aromatic carbocycles. The fourth-order valence-electron chi connectivity index (χ4n) is 4.01. The summed E-state index contributed by atoms with van der Waals surface area (Å²) >= 11 is 0. The number of aliphatic hydroxyl groups is 1. The highest BCUT2D eigenvalue weighted by Crippen LogP contribution is 2.66. The van der Waals surface area contributed by atoms with Gasteiger partial charge in [-0.15, -0.1) is 0 Å². The monoisotopic (exact) mass is 624 g/mol. The molecule has 0 bridgehead atoms. The first-order valence-electron chi connectivity index (χ1n) is 11.0. The van der Waals surface area contributed by atoms with E-state index in [9.17, 15) is 33.4 Å². The van der Waals surface area contributed by atoms with Gasteiger partial charge in [-0.3, -0.25) is 13.9 Å². The third kappa shape index (κ3) is 6.47. The van der Waals surface area contributed by atoms with E-state index in [1.54, 1.807) is 19.2 Å². The highest BCUT2D eigenvalue weighted by molar-refractivity contribution is 7.66. The zero-order valence-corrected chi connectivity index (χ0v) is 22.9. The molecule has 0 spiro atoms. The largest absolute Gasteiger partial charge is 0.490 e. The van der Waals surface area contributed by atoms with E-state index in [1.165, 1.54) is 23.0 Å². The molecule has 3 aromatic rings. The number of nitrogens with one attached hydrogen (secondary N) is 1. The van der Waals surface area contributed by atoms with E-state index in [2.05, 4.69) is 33.4 Å². The first-order chi connectivity index (χ1) is 18.6. The molecule has 3 heterocycles. The number of nitrogens with two attached hydrogens (primary N) is 1. The minimum atomic E-state index is -5.81. The van der Waals surface area contributed by atoms with Crippen LogP contribution in [0.5, 0.6) is 0 Å². The lowest BCUT2D eigenvalue weighted by molar-refractivity contribution is -0.0662. The maximum absolute atomic E-state index is 13.7. The summed E-state index contributed by atoms with van der Waals surface area (Å²) in [6.45, 7) is -1.09. The zero-order valence-electron chi connectivity index (χ0n) is 20.2. The van der Waals surface area contributed by atoms with E-state index in [0.717, 1.165) is 6.33 Å². The molecular formula is C18H23N6O13P3. The number of para-hydroxylation sites is 1. The van der Waals surface area contributed by atoms with Gasteiger partial charge < -0.3 is 40.5 Å². The van der Waals surface area contributed by atoms with E-state index in [0.29, 0.717) is 5.69 Å². The van der Waals surface area contributed by atoms with Crippen molar-refractivity contribution in [3.63, 3.8) is 0 Å². The van der Waals surface area contributed by atoms with Crippen molar-refractivity contribution in [3.8, 4) is 0 Å². The van der Waals surface area contributed by atoms with E-state index in [1.807, 2.05) is 0 Å². The molecule has 1 aliphatic rings. The highest BCUT2D eigenvalue weighted by atomic mass is 31.3. The van der Waals surface area contributed by atoms with Gasteiger partial charge >= 0.3 is 23.5 Å². The number of hydrogen-bond donors (Lipinski definition) is 7. The predicted molar refractivity (Wildman–Crippen MR) is 133 cm³/mol. The number of phosphoric acid groups is 3. The van der Waals surface area contributed by atoms with E-state index in [-0.39, 0.29) is 22.5 Å². The van der Waals surface area contributed by atoms with Gasteiger partial charge in [0.25, 0.3) is 0 Å². The SMILES string of the molecule is CNc1ccccc1C(=O)[C@]1(O)C[C@H](n2cnc3c(N)ncnc32)O[C@@H]1COP(=O)(O)OP(=O)(O)OP(=O)(O)O. The van der Waals surface area contributed by atoms with Crippen molar-refractivity contribution in [1.82, 2.24) is 19.5 Å². The number of Topliss-reactive ketones (excluding diaryl/α,β-unsaturated/α-hetero) is 1. The first-order valence-corrected chi connectivity index (χ1v) is 15.5. The van der Waals surface area contributed by atoms with Crippen molar-refractivity contribution in [3.05, 3.63) is 42.5 Å².